The summed E-state index contributed by atoms with van der Waals surface area (Å²) in [6.45, 7) is 1.95. The van der Waals surface area contributed by atoms with E-state index in [0.717, 1.165) is 17.4 Å². The van der Waals surface area contributed by atoms with Gasteiger partial charge in [-0.25, -0.2) is 13.2 Å². The van der Waals surface area contributed by atoms with Gasteiger partial charge in [-0.05, 0) is 24.6 Å². The average Bonchev–Trinajstić information content (AvgIpc) is 3.00. The fourth-order valence-electron chi connectivity index (χ4n) is 2.57. The van der Waals surface area contributed by atoms with Crippen LogP contribution in [0.1, 0.15) is 16.1 Å². The SMILES string of the molecule is Cc1ccc(-c2c(-c3ccc(S(C)(=O)=O)cc3)n[nH]c2C(=O)O)cc1. The highest BCUT2D eigenvalue weighted by atomic mass is 32.2. The quantitative estimate of drug-likeness (QED) is 0.748. The number of carboxylic acids is 1. The lowest BCUT2D eigenvalue weighted by Crippen LogP contribution is -1.99. The van der Waals surface area contributed by atoms with Gasteiger partial charge >= 0.3 is 5.97 Å². The van der Waals surface area contributed by atoms with Gasteiger partial charge in [0.2, 0.25) is 0 Å². The number of aromatic amines is 1. The van der Waals surface area contributed by atoms with Crippen LogP contribution in [0.25, 0.3) is 22.4 Å². The third-order valence-corrected chi connectivity index (χ3v) is 5.00. The van der Waals surface area contributed by atoms with E-state index in [1.54, 1.807) is 12.1 Å². The van der Waals surface area contributed by atoms with E-state index in [9.17, 15) is 18.3 Å². The van der Waals surface area contributed by atoms with Gasteiger partial charge in [0.05, 0.1) is 4.90 Å². The average molecular weight is 356 g/mol. The Labute approximate surface area is 145 Å². The molecule has 3 aromatic rings. The number of hydrogen-bond acceptors (Lipinski definition) is 4. The monoisotopic (exact) mass is 356 g/mol. The summed E-state index contributed by atoms with van der Waals surface area (Å²) in [6.07, 6.45) is 1.14. The van der Waals surface area contributed by atoms with Gasteiger partial charge in [-0.3, -0.25) is 5.10 Å². The van der Waals surface area contributed by atoms with Crippen molar-refractivity contribution in [1.82, 2.24) is 10.2 Å². The number of carbonyl (C=O) groups is 1. The Bertz CT molecular complexity index is 1030. The summed E-state index contributed by atoms with van der Waals surface area (Å²) in [5.74, 6) is -1.11. The van der Waals surface area contributed by atoms with Crippen LogP contribution in [0.5, 0.6) is 0 Å². The number of rotatable bonds is 4. The first-order valence-corrected chi connectivity index (χ1v) is 9.35. The Morgan fingerprint density at radius 3 is 2.08 bits per heavy atom. The Morgan fingerprint density at radius 1 is 1.00 bits per heavy atom. The number of aromatic nitrogens is 2. The molecule has 0 bridgehead atoms. The molecule has 1 heterocycles. The van der Waals surface area contributed by atoms with Crippen molar-refractivity contribution in [3.63, 3.8) is 0 Å². The summed E-state index contributed by atoms with van der Waals surface area (Å²) >= 11 is 0. The number of aryl methyl sites for hydroxylation is 1. The van der Waals surface area contributed by atoms with E-state index in [2.05, 4.69) is 10.2 Å². The maximum atomic E-state index is 11.6. The zero-order valence-electron chi connectivity index (χ0n) is 13.6. The van der Waals surface area contributed by atoms with Crippen molar-refractivity contribution in [2.75, 3.05) is 6.26 Å². The second-order valence-corrected chi connectivity index (χ2v) is 7.81. The van der Waals surface area contributed by atoms with Crippen LogP contribution in [0, 0.1) is 6.92 Å². The third-order valence-electron chi connectivity index (χ3n) is 3.88. The normalized spacial score (nSPS) is 11.4. The first-order chi connectivity index (χ1) is 11.8. The number of nitrogens with one attached hydrogen (secondary N) is 1. The highest BCUT2D eigenvalue weighted by molar-refractivity contribution is 7.90. The molecule has 0 aliphatic heterocycles. The smallest absolute Gasteiger partial charge is 0.354 e. The number of nitrogens with zero attached hydrogens (tertiary/aromatic N) is 1. The molecule has 128 valence electrons. The number of aromatic carboxylic acids is 1. The molecule has 2 aromatic carbocycles. The van der Waals surface area contributed by atoms with Gasteiger partial charge in [0.25, 0.3) is 0 Å². The lowest BCUT2D eigenvalue weighted by Gasteiger charge is -2.06. The Hall–Kier alpha value is -2.93. The first kappa shape index (κ1) is 16.9. The minimum Gasteiger partial charge on any atom is -0.477 e. The molecule has 0 radical (unpaired) electrons. The van der Waals surface area contributed by atoms with Gasteiger partial charge in [-0.1, -0.05) is 42.0 Å². The van der Waals surface area contributed by atoms with Crippen LogP contribution >= 0.6 is 0 Å². The summed E-state index contributed by atoms with van der Waals surface area (Å²) in [7, 11) is -3.30. The highest BCUT2D eigenvalue weighted by Crippen LogP contribution is 2.33. The van der Waals surface area contributed by atoms with Crippen LogP contribution in [0.15, 0.2) is 53.4 Å². The largest absolute Gasteiger partial charge is 0.477 e. The lowest BCUT2D eigenvalue weighted by atomic mass is 9.98. The topological polar surface area (TPSA) is 100 Å². The summed E-state index contributed by atoms with van der Waals surface area (Å²) in [5, 5.41) is 16.1. The molecule has 0 atom stereocenters. The fraction of sp³-hybridized carbons (Fsp3) is 0.111. The molecule has 25 heavy (non-hydrogen) atoms. The molecule has 3 rings (SSSR count). The zero-order chi connectivity index (χ0) is 18.2. The second-order valence-electron chi connectivity index (χ2n) is 5.79. The van der Waals surface area contributed by atoms with Crippen LogP contribution in [0.2, 0.25) is 0 Å². The third kappa shape index (κ3) is 3.32. The maximum absolute atomic E-state index is 11.6. The molecule has 2 N–H and O–H groups in total. The highest BCUT2D eigenvalue weighted by Gasteiger charge is 2.21. The van der Waals surface area contributed by atoms with Crippen molar-refractivity contribution < 1.29 is 18.3 Å². The first-order valence-electron chi connectivity index (χ1n) is 7.46. The van der Waals surface area contributed by atoms with E-state index in [0.29, 0.717) is 16.8 Å². The Morgan fingerprint density at radius 2 is 1.56 bits per heavy atom. The lowest BCUT2D eigenvalue weighted by molar-refractivity contribution is 0.0691. The molecule has 0 fully saturated rings. The van der Waals surface area contributed by atoms with Crippen LogP contribution in [-0.4, -0.2) is 35.9 Å². The van der Waals surface area contributed by atoms with Crippen LogP contribution in [0.4, 0.5) is 0 Å². The number of benzene rings is 2. The van der Waals surface area contributed by atoms with E-state index in [1.807, 2.05) is 31.2 Å². The fourth-order valence-corrected chi connectivity index (χ4v) is 3.20. The molecule has 1 aromatic heterocycles. The van der Waals surface area contributed by atoms with Crippen LogP contribution in [0.3, 0.4) is 0 Å². The van der Waals surface area contributed by atoms with Gasteiger partial charge in [-0.2, -0.15) is 5.10 Å². The van der Waals surface area contributed by atoms with Crippen molar-refractivity contribution in [3.8, 4) is 22.4 Å². The van der Waals surface area contributed by atoms with Gasteiger partial charge in [-0.15, -0.1) is 0 Å². The Kier molecular flexibility index (Phi) is 4.18. The van der Waals surface area contributed by atoms with Crippen molar-refractivity contribution in [2.24, 2.45) is 0 Å². The molecule has 7 heteroatoms. The maximum Gasteiger partial charge on any atom is 0.354 e. The van der Waals surface area contributed by atoms with Crippen molar-refractivity contribution in [2.45, 2.75) is 11.8 Å². The Balaban J connectivity index is 2.17. The minimum absolute atomic E-state index is 0.00829. The van der Waals surface area contributed by atoms with Gasteiger partial charge in [0, 0.05) is 17.4 Å². The predicted octanol–water partition coefficient (Wildman–Crippen LogP) is 3.15. The van der Waals surface area contributed by atoms with Gasteiger partial charge in [0.15, 0.2) is 15.5 Å². The van der Waals surface area contributed by atoms with E-state index < -0.39 is 15.8 Å². The number of carboxylic acid groups (broad SMARTS) is 1. The molecule has 0 aliphatic rings. The van der Waals surface area contributed by atoms with Crippen molar-refractivity contribution in [1.29, 1.82) is 0 Å². The van der Waals surface area contributed by atoms with E-state index in [1.165, 1.54) is 12.1 Å². The molecule has 0 saturated heterocycles. The minimum atomic E-state index is -3.30. The van der Waals surface area contributed by atoms with Crippen LogP contribution < -0.4 is 0 Å². The molecule has 6 nitrogen and oxygen atoms in total. The molecule has 0 spiro atoms. The van der Waals surface area contributed by atoms with Gasteiger partial charge in [0.1, 0.15) is 5.69 Å². The van der Waals surface area contributed by atoms with Crippen molar-refractivity contribution >= 4 is 15.8 Å². The summed E-state index contributed by atoms with van der Waals surface area (Å²) < 4.78 is 23.2. The van der Waals surface area contributed by atoms with E-state index in [-0.39, 0.29) is 10.6 Å². The standard InChI is InChI=1S/C18H16N2O4S/c1-11-3-5-12(6-4-11)15-16(19-20-17(15)18(21)22)13-7-9-14(10-8-13)25(2,23)24/h3-10H,1-2H3,(H,19,20)(H,21,22). The summed E-state index contributed by atoms with van der Waals surface area (Å²) in [6, 6.07) is 13.7. The van der Waals surface area contributed by atoms with E-state index >= 15 is 0 Å². The molecule has 0 aliphatic carbocycles. The number of H-pyrrole nitrogens is 1. The molecule has 0 saturated carbocycles. The number of sulfone groups is 1. The number of hydrogen-bond donors (Lipinski definition) is 2. The van der Waals surface area contributed by atoms with E-state index in [4.69, 9.17) is 0 Å². The molecule has 0 amide bonds. The molecular weight excluding hydrogens is 340 g/mol. The summed E-state index contributed by atoms with van der Waals surface area (Å²) in [4.78, 5) is 11.7. The van der Waals surface area contributed by atoms with Crippen molar-refractivity contribution in [3.05, 3.63) is 59.8 Å². The second kappa shape index (κ2) is 6.18. The molecule has 0 unspecified atom stereocenters. The summed E-state index contributed by atoms with van der Waals surface area (Å²) in [5.41, 5.74) is 3.33. The predicted molar refractivity (Wildman–Crippen MR) is 94.3 cm³/mol. The van der Waals surface area contributed by atoms with Crippen LogP contribution in [-0.2, 0) is 9.84 Å². The zero-order valence-corrected chi connectivity index (χ0v) is 14.5. The molecular formula is C18H16N2O4S. The van der Waals surface area contributed by atoms with Gasteiger partial charge < -0.3 is 5.11 Å².